The Bertz CT molecular complexity index is 412. The molecule has 0 aliphatic heterocycles. The molecule has 0 aromatic heterocycles. The lowest BCUT2D eigenvalue weighted by molar-refractivity contribution is 0.588. The Morgan fingerprint density at radius 3 is 2.46 bits per heavy atom. The second-order valence-electron chi connectivity index (χ2n) is 2.73. The molecule has 0 bridgehead atoms. The first kappa shape index (κ1) is 10.0. The van der Waals surface area contributed by atoms with Crippen LogP contribution in [-0.4, -0.2) is 15.5 Å². The molecule has 1 rings (SSSR count). The predicted octanol–water partition coefficient (Wildman–Crippen LogP) is 0.485. The summed E-state index contributed by atoms with van der Waals surface area (Å²) in [7, 11) is -2.00. The molecule has 0 aliphatic rings. The molecule has 0 radical (unpaired) electrons. The number of sulfonamides is 1. The number of rotatable bonds is 2. The van der Waals surface area contributed by atoms with Crippen LogP contribution in [-0.2, 0) is 10.0 Å². The number of aryl methyl sites for hydroxylation is 1. The zero-order valence-electron chi connectivity index (χ0n) is 7.53. The molecular weight excluding hydrogens is 188 g/mol. The molecule has 0 fully saturated rings. The van der Waals surface area contributed by atoms with Gasteiger partial charge in [0.1, 0.15) is 0 Å². The maximum absolute atomic E-state index is 11.3. The van der Waals surface area contributed by atoms with Crippen molar-refractivity contribution < 1.29 is 8.42 Å². The van der Waals surface area contributed by atoms with E-state index in [-0.39, 0.29) is 4.90 Å². The van der Waals surface area contributed by atoms with Crippen LogP contribution in [0.3, 0.4) is 0 Å². The fourth-order valence-corrected chi connectivity index (χ4v) is 1.67. The van der Waals surface area contributed by atoms with E-state index < -0.39 is 10.0 Å². The maximum atomic E-state index is 11.3. The molecule has 13 heavy (non-hydrogen) atoms. The van der Waals surface area contributed by atoms with Gasteiger partial charge in [-0.05, 0) is 31.7 Å². The molecule has 1 aromatic carbocycles. The van der Waals surface area contributed by atoms with Gasteiger partial charge in [0.15, 0.2) is 0 Å². The summed E-state index contributed by atoms with van der Waals surface area (Å²) in [6, 6.07) is 4.65. The highest BCUT2D eigenvalue weighted by molar-refractivity contribution is 7.89. The molecular formula is C8H12N2O2S. The molecule has 0 atom stereocenters. The first-order valence-electron chi connectivity index (χ1n) is 3.77. The standard InChI is InChI=1S/C8H12N2O2S/c1-6-3-4-7(5-8(6)9)13(11,12)10-2/h3-5,10H,9H2,1-2H3. The molecule has 0 heterocycles. The summed E-state index contributed by atoms with van der Waals surface area (Å²) in [5, 5.41) is 0. The van der Waals surface area contributed by atoms with E-state index >= 15 is 0 Å². The molecule has 0 spiro atoms. The molecule has 0 saturated carbocycles. The van der Waals surface area contributed by atoms with Crippen molar-refractivity contribution in [2.24, 2.45) is 0 Å². The van der Waals surface area contributed by atoms with Crippen LogP contribution < -0.4 is 10.5 Å². The summed E-state index contributed by atoms with van der Waals surface area (Å²) in [5.41, 5.74) is 6.93. The highest BCUT2D eigenvalue weighted by Crippen LogP contribution is 2.16. The van der Waals surface area contributed by atoms with Crippen LogP contribution >= 0.6 is 0 Å². The number of nitrogens with two attached hydrogens (primary N) is 1. The van der Waals surface area contributed by atoms with Crippen LogP contribution in [0.15, 0.2) is 23.1 Å². The summed E-state index contributed by atoms with van der Waals surface area (Å²) in [5.74, 6) is 0. The quantitative estimate of drug-likeness (QED) is 0.682. The van der Waals surface area contributed by atoms with E-state index in [4.69, 9.17) is 5.73 Å². The van der Waals surface area contributed by atoms with Gasteiger partial charge in [0, 0.05) is 5.69 Å². The fourth-order valence-electron chi connectivity index (χ4n) is 0.904. The van der Waals surface area contributed by atoms with Crippen LogP contribution in [0.5, 0.6) is 0 Å². The molecule has 4 nitrogen and oxygen atoms in total. The SMILES string of the molecule is CNS(=O)(=O)c1ccc(C)c(N)c1. The van der Waals surface area contributed by atoms with Gasteiger partial charge in [-0.15, -0.1) is 0 Å². The minimum absolute atomic E-state index is 0.193. The van der Waals surface area contributed by atoms with Crippen LogP contribution in [0.25, 0.3) is 0 Å². The van der Waals surface area contributed by atoms with Gasteiger partial charge in [-0.25, -0.2) is 13.1 Å². The Morgan fingerprint density at radius 2 is 2.00 bits per heavy atom. The van der Waals surface area contributed by atoms with Gasteiger partial charge < -0.3 is 5.73 Å². The Hall–Kier alpha value is -1.07. The third-order valence-corrected chi connectivity index (χ3v) is 3.24. The van der Waals surface area contributed by atoms with Crippen molar-refractivity contribution in [3.8, 4) is 0 Å². The number of nitrogens with one attached hydrogen (secondary N) is 1. The van der Waals surface area contributed by atoms with Gasteiger partial charge in [0.05, 0.1) is 4.90 Å². The molecule has 0 unspecified atom stereocenters. The monoisotopic (exact) mass is 200 g/mol. The van der Waals surface area contributed by atoms with Gasteiger partial charge in [-0.3, -0.25) is 0 Å². The largest absolute Gasteiger partial charge is 0.398 e. The van der Waals surface area contributed by atoms with E-state index in [2.05, 4.69) is 4.72 Å². The van der Waals surface area contributed by atoms with Crippen molar-refractivity contribution in [2.45, 2.75) is 11.8 Å². The molecule has 0 amide bonds. The van der Waals surface area contributed by atoms with E-state index in [1.807, 2.05) is 6.92 Å². The van der Waals surface area contributed by atoms with Crippen LogP contribution in [0, 0.1) is 6.92 Å². The van der Waals surface area contributed by atoms with E-state index in [9.17, 15) is 8.42 Å². The summed E-state index contributed by atoms with van der Waals surface area (Å²) >= 11 is 0. The minimum atomic E-state index is -3.37. The average molecular weight is 200 g/mol. The zero-order chi connectivity index (χ0) is 10.1. The van der Waals surface area contributed by atoms with Crippen LogP contribution in [0.2, 0.25) is 0 Å². The van der Waals surface area contributed by atoms with Crippen molar-refractivity contribution in [1.82, 2.24) is 4.72 Å². The lowest BCUT2D eigenvalue weighted by Gasteiger charge is -2.04. The zero-order valence-corrected chi connectivity index (χ0v) is 8.35. The van der Waals surface area contributed by atoms with Gasteiger partial charge in [0.25, 0.3) is 0 Å². The smallest absolute Gasteiger partial charge is 0.240 e. The highest BCUT2D eigenvalue weighted by atomic mass is 32.2. The topological polar surface area (TPSA) is 72.2 Å². The van der Waals surface area contributed by atoms with Crippen molar-refractivity contribution in [3.05, 3.63) is 23.8 Å². The highest BCUT2D eigenvalue weighted by Gasteiger charge is 2.11. The summed E-state index contributed by atoms with van der Waals surface area (Å²) in [6.07, 6.45) is 0. The fraction of sp³-hybridized carbons (Fsp3) is 0.250. The van der Waals surface area contributed by atoms with Gasteiger partial charge >= 0.3 is 0 Å². The number of anilines is 1. The van der Waals surface area contributed by atoms with Crippen LogP contribution in [0.1, 0.15) is 5.56 Å². The molecule has 1 aromatic rings. The summed E-state index contributed by atoms with van der Waals surface area (Å²) in [4.78, 5) is 0.193. The number of nitrogen functional groups attached to an aromatic ring is 1. The average Bonchev–Trinajstić information content (AvgIpc) is 2.09. The van der Waals surface area contributed by atoms with Crippen molar-refractivity contribution in [1.29, 1.82) is 0 Å². The third kappa shape index (κ3) is 1.99. The lowest BCUT2D eigenvalue weighted by Crippen LogP contribution is -2.18. The van der Waals surface area contributed by atoms with E-state index in [1.54, 1.807) is 6.07 Å². The van der Waals surface area contributed by atoms with Gasteiger partial charge in [-0.1, -0.05) is 6.07 Å². The normalized spacial score (nSPS) is 11.5. The van der Waals surface area contributed by atoms with Crippen molar-refractivity contribution in [2.75, 3.05) is 12.8 Å². The van der Waals surface area contributed by atoms with Gasteiger partial charge in [0.2, 0.25) is 10.0 Å². The summed E-state index contributed by atoms with van der Waals surface area (Å²) in [6.45, 7) is 1.82. The first-order chi connectivity index (χ1) is 5.97. The lowest BCUT2D eigenvalue weighted by atomic mass is 10.2. The van der Waals surface area contributed by atoms with E-state index in [0.29, 0.717) is 5.69 Å². The predicted molar refractivity (Wildman–Crippen MR) is 51.8 cm³/mol. The number of hydrogen-bond donors (Lipinski definition) is 2. The third-order valence-electron chi connectivity index (χ3n) is 1.83. The number of hydrogen-bond acceptors (Lipinski definition) is 3. The number of benzene rings is 1. The maximum Gasteiger partial charge on any atom is 0.240 e. The molecule has 0 saturated heterocycles. The second kappa shape index (κ2) is 3.35. The molecule has 72 valence electrons. The van der Waals surface area contributed by atoms with E-state index in [0.717, 1.165) is 5.56 Å². The Morgan fingerprint density at radius 1 is 1.38 bits per heavy atom. The summed E-state index contributed by atoms with van der Waals surface area (Å²) < 4.78 is 24.8. The van der Waals surface area contributed by atoms with Crippen molar-refractivity contribution >= 4 is 15.7 Å². The van der Waals surface area contributed by atoms with Crippen molar-refractivity contribution in [3.63, 3.8) is 0 Å². The Balaban J connectivity index is 3.27. The minimum Gasteiger partial charge on any atom is -0.398 e. The molecule has 0 aliphatic carbocycles. The Labute approximate surface area is 77.8 Å². The van der Waals surface area contributed by atoms with E-state index in [1.165, 1.54) is 19.2 Å². The molecule has 3 N–H and O–H groups in total. The Kier molecular flexibility index (Phi) is 2.58. The van der Waals surface area contributed by atoms with Gasteiger partial charge in [-0.2, -0.15) is 0 Å². The first-order valence-corrected chi connectivity index (χ1v) is 5.25. The second-order valence-corrected chi connectivity index (χ2v) is 4.61. The van der Waals surface area contributed by atoms with Crippen LogP contribution in [0.4, 0.5) is 5.69 Å². The molecule has 5 heteroatoms.